The fraction of sp³-hybridized carbons (Fsp3) is 0.462. The van der Waals surface area contributed by atoms with Crippen LogP contribution in [0.2, 0.25) is 0 Å². The summed E-state index contributed by atoms with van der Waals surface area (Å²) in [5.41, 5.74) is 1.19. The van der Waals surface area contributed by atoms with Crippen molar-refractivity contribution in [2.24, 2.45) is 0 Å². The summed E-state index contributed by atoms with van der Waals surface area (Å²) < 4.78 is 0. The molecule has 0 unspecified atom stereocenters. The molecular formula is C13H16N2O4S. The molecule has 0 fully saturated rings. The van der Waals surface area contributed by atoms with Crippen LogP contribution in [0.1, 0.15) is 23.3 Å². The molecule has 0 bridgehead atoms. The van der Waals surface area contributed by atoms with Gasteiger partial charge in [-0.15, -0.1) is 11.3 Å². The quantitative estimate of drug-likeness (QED) is 0.833. The normalized spacial score (nSPS) is 13.7. The Balaban J connectivity index is 1.76. The molecular weight excluding hydrogens is 280 g/mol. The fourth-order valence-corrected chi connectivity index (χ4v) is 2.99. The Bertz CT molecular complexity index is 526. The van der Waals surface area contributed by atoms with Gasteiger partial charge < -0.3 is 15.3 Å². The van der Waals surface area contributed by atoms with Crippen molar-refractivity contribution in [1.82, 2.24) is 10.2 Å². The van der Waals surface area contributed by atoms with Gasteiger partial charge in [-0.1, -0.05) is 0 Å². The minimum absolute atomic E-state index is 0.0269. The van der Waals surface area contributed by atoms with Gasteiger partial charge in [-0.05, 0) is 23.4 Å². The average molecular weight is 296 g/mol. The molecule has 7 heteroatoms. The predicted octanol–water partition coefficient (Wildman–Crippen LogP) is 0.614. The molecule has 0 spiro atoms. The van der Waals surface area contributed by atoms with Crippen molar-refractivity contribution in [1.29, 1.82) is 0 Å². The lowest BCUT2D eigenvalue weighted by molar-refractivity contribution is -0.138. The maximum atomic E-state index is 12.0. The molecule has 2 rings (SSSR count). The van der Waals surface area contributed by atoms with E-state index in [0.29, 0.717) is 13.1 Å². The molecule has 1 aliphatic heterocycles. The van der Waals surface area contributed by atoms with Gasteiger partial charge in [0.25, 0.3) is 0 Å². The van der Waals surface area contributed by atoms with Crippen LogP contribution in [0.5, 0.6) is 0 Å². The molecule has 2 amide bonds. The van der Waals surface area contributed by atoms with E-state index < -0.39 is 18.4 Å². The Kier molecular flexibility index (Phi) is 4.73. The number of hydrogen-bond donors (Lipinski definition) is 2. The molecule has 6 nitrogen and oxygen atoms in total. The first-order chi connectivity index (χ1) is 9.56. The Morgan fingerprint density at radius 3 is 2.90 bits per heavy atom. The second-order valence-corrected chi connectivity index (χ2v) is 5.61. The molecule has 1 aromatic rings. The van der Waals surface area contributed by atoms with Crippen molar-refractivity contribution in [2.45, 2.75) is 25.8 Å². The minimum Gasteiger partial charge on any atom is -0.480 e. The van der Waals surface area contributed by atoms with Crippen LogP contribution in [0.4, 0.5) is 0 Å². The van der Waals surface area contributed by atoms with Crippen LogP contribution in [-0.2, 0) is 27.3 Å². The number of nitrogens with one attached hydrogen (secondary N) is 1. The minimum atomic E-state index is -1.09. The van der Waals surface area contributed by atoms with E-state index in [1.165, 1.54) is 10.4 Å². The van der Waals surface area contributed by atoms with Crippen molar-refractivity contribution < 1.29 is 19.5 Å². The largest absolute Gasteiger partial charge is 0.480 e. The van der Waals surface area contributed by atoms with E-state index in [4.69, 9.17) is 5.11 Å². The Hall–Kier alpha value is -1.89. The SMILES string of the molecule is O=C(O)CNC(=O)CCC(=O)N1CCc2sccc2C1. The summed E-state index contributed by atoms with van der Waals surface area (Å²) in [5, 5.41) is 12.7. The number of fused-ring (bicyclic) bond motifs is 1. The van der Waals surface area contributed by atoms with Gasteiger partial charge >= 0.3 is 5.97 Å². The zero-order valence-corrected chi connectivity index (χ0v) is 11.7. The highest BCUT2D eigenvalue weighted by molar-refractivity contribution is 7.10. The summed E-state index contributed by atoms with van der Waals surface area (Å²) >= 11 is 1.71. The summed E-state index contributed by atoms with van der Waals surface area (Å²) in [7, 11) is 0. The van der Waals surface area contributed by atoms with Gasteiger partial charge in [0.05, 0.1) is 0 Å². The van der Waals surface area contributed by atoms with E-state index in [2.05, 4.69) is 5.32 Å². The predicted molar refractivity (Wildman–Crippen MR) is 73.3 cm³/mol. The van der Waals surface area contributed by atoms with E-state index in [1.54, 1.807) is 16.2 Å². The second kappa shape index (κ2) is 6.51. The van der Waals surface area contributed by atoms with Gasteiger partial charge in [0, 0.05) is 30.8 Å². The van der Waals surface area contributed by atoms with Crippen LogP contribution in [-0.4, -0.2) is 40.9 Å². The first-order valence-corrected chi connectivity index (χ1v) is 7.25. The van der Waals surface area contributed by atoms with Gasteiger partial charge in [0.15, 0.2) is 0 Å². The number of nitrogens with zero attached hydrogens (tertiary/aromatic N) is 1. The van der Waals surface area contributed by atoms with Crippen LogP contribution in [0.25, 0.3) is 0 Å². The van der Waals surface area contributed by atoms with Crippen molar-refractivity contribution >= 4 is 29.1 Å². The van der Waals surface area contributed by atoms with Gasteiger partial charge in [-0.3, -0.25) is 14.4 Å². The number of carbonyl (C=O) groups is 3. The summed E-state index contributed by atoms with van der Waals surface area (Å²) in [6, 6.07) is 2.03. The van der Waals surface area contributed by atoms with E-state index in [-0.39, 0.29) is 18.7 Å². The summed E-state index contributed by atoms with van der Waals surface area (Å²) in [6.45, 7) is 0.881. The van der Waals surface area contributed by atoms with Crippen molar-refractivity contribution in [3.8, 4) is 0 Å². The molecule has 20 heavy (non-hydrogen) atoms. The van der Waals surface area contributed by atoms with Crippen LogP contribution in [0.15, 0.2) is 11.4 Å². The molecule has 2 heterocycles. The third-order valence-corrected chi connectivity index (χ3v) is 4.19. The molecule has 0 radical (unpaired) electrons. The molecule has 0 aromatic carbocycles. The average Bonchev–Trinajstić information content (AvgIpc) is 2.89. The fourth-order valence-electron chi connectivity index (χ4n) is 2.10. The molecule has 0 saturated carbocycles. The number of carboxylic acid groups (broad SMARTS) is 1. The number of carboxylic acids is 1. The Morgan fingerprint density at radius 2 is 2.15 bits per heavy atom. The zero-order chi connectivity index (χ0) is 14.5. The maximum absolute atomic E-state index is 12.0. The molecule has 1 aromatic heterocycles. The van der Waals surface area contributed by atoms with E-state index >= 15 is 0 Å². The molecule has 108 valence electrons. The van der Waals surface area contributed by atoms with Gasteiger partial charge in [0.1, 0.15) is 6.54 Å². The van der Waals surface area contributed by atoms with Gasteiger partial charge in [-0.25, -0.2) is 0 Å². The van der Waals surface area contributed by atoms with E-state index in [0.717, 1.165) is 6.42 Å². The Morgan fingerprint density at radius 1 is 1.35 bits per heavy atom. The van der Waals surface area contributed by atoms with E-state index in [1.807, 2.05) is 11.4 Å². The number of thiophene rings is 1. The van der Waals surface area contributed by atoms with E-state index in [9.17, 15) is 14.4 Å². The lowest BCUT2D eigenvalue weighted by atomic mass is 10.1. The van der Waals surface area contributed by atoms with Crippen LogP contribution >= 0.6 is 11.3 Å². The van der Waals surface area contributed by atoms with Crippen molar-refractivity contribution in [3.63, 3.8) is 0 Å². The molecule has 1 aliphatic rings. The lowest BCUT2D eigenvalue weighted by Gasteiger charge is -2.27. The van der Waals surface area contributed by atoms with Crippen molar-refractivity contribution in [2.75, 3.05) is 13.1 Å². The highest BCUT2D eigenvalue weighted by Crippen LogP contribution is 2.24. The van der Waals surface area contributed by atoms with Gasteiger partial charge in [0.2, 0.25) is 11.8 Å². The van der Waals surface area contributed by atoms with Crippen LogP contribution in [0, 0.1) is 0 Å². The standard InChI is InChI=1S/C13H16N2O4S/c16-11(14-7-13(18)19)1-2-12(17)15-5-3-10-9(8-15)4-6-20-10/h4,6H,1-3,5,7-8H2,(H,14,16)(H,18,19). The summed E-state index contributed by atoms with van der Waals surface area (Å²) in [4.78, 5) is 36.7. The van der Waals surface area contributed by atoms with Crippen LogP contribution in [0.3, 0.4) is 0 Å². The first-order valence-electron chi connectivity index (χ1n) is 6.38. The number of carbonyl (C=O) groups excluding carboxylic acids is 2. The number of amides is 2. The van der Waals surface area contributed by atoms with Crippen LogP contribution < -0.4 is 5.32 Å². The second-order valence-electron chi connectivity index (χ2n) is 4.60. The third kappa shape index (κ3) is 3.80. The van der Waals surface area contributed by atoms with Gasteiger partial charge in [-0.2, -0.15) is 0 Å². The molecule has 2 N–H and O–H groups in total. The summed E-state index contributed by atoms with van der Waals surface area (Å²) in [6.07, 6.45) is 1.01. The first kappa shape index (κ1) is 14.5. The monoisotopic (exact) mass is 296 g/mol. The smallest absolute Gasteiger partial charge is 0.322 e. The molecule has 0 saturated heterocycles. The maximum Gasteiger partial charge on any atom is 0.322 e. The lowest BCUT2D eigenvalue weighted by Crippen LogP contribution is -2.36. The number of rotatable bonds is 5. The zero-order valence-electron chi connectivity index (χ0n) is 10.9. The topological polar surface area (TPSA) is 86.7 Å². The Labute approximate surface area is 120 Å². The van der Waals surface area contributed by atoms with Crippen molar-refractivity contribution in [3.05, 3.63) is 21.9 Å². The molecule has 0 aliphatic carbocycles. The third-order valence-electron chi connectivity index (χ3n) is 3.16. The highest BCUT2D eigenvalue weighted by Gasteiger charge is 2.21. The number of hydrogen-bond acceptors (Lipinski definition) is 4. The highest BCUT2D eigenvalue weighted by atomic mass is 32.1. The summed E-state index contributed by atoms with van der Waals surface area (Å²) in [5.74, 6) is -1.56. The number of aliphatic carboxylic acids is 1. The molecule has 0 atom stereocenters.